The molecule has 3 aromatic rings. The van der Waals surface area contributed by atoms with Crippen LogP contribution in [0.3, 0.4) is 0 Å². The molecule has 150 valence electrons. The summed E-state index contributed by atoms with van der Waals surface area (Å²) in [4.78, 5) is 12.6. The highest BCUT2D eigenvalue weighted by atomic mass is 32.2. The molecule has 0 spiro atoms. The molecule has 0 bridgehead atoms. The number of rotatable bonds is 7. The van der Waals surface area contributed by atoms with Crippen LogP contribution in [-0.4, -0.2) is 27.9 Å². The topological polar surface area (TPSA) is 72.5 Å². The highest BCUT2D eigenvalue weighted by Crippen LogP contribution is 2.25. The van der Waals surface area contributed by atoms with Crippen LogP contribution in [0.25, 0.3) is 11.1 Å². The van der Waals surface area contributed by atoms with Crippen molar-refractivity contribution < 1.29 is 22.3 Å². The van der Waals surface area contributed by atoms with Crippen LogP contribution in [0.4, 0.5) is 4.39 Å². The van der Waals surface area contributed by atoms with Gasteiger partial charge >= 0.3 is 0 Å². The minimum atomic E-state index is -3.95. The summed E-state index contributed by atoms with van der Waals surface area (Å²) in [6, 6.07) is 18.2. The van der Waals surface area contributed by atoms with E-state index in [9.17, 15) is 17.6 Å². The van der Waals surface area contributed by atoms with Crippen LogP contribution in [0.5, 0.6) is 5.75 Å². The molecule has 7 heteroatoms. The van der Waals surface area contributed by atoms with Gasteiger partial charge in [-0.1, -0.05) is 36.4 Å². The maximum Gasteiger partial charge on any atom is 0.241 e. The molecule has 0 radical (unpaired) electrons. The fraction of sp³-hybridized carbons (Fsp3) is 0.136. The molecule has 0 amide bonds. The molecule has 1 N–H and O–H groups in total. The lowest BCUT2D eigenvalue weighted by Crippen LogP contribution is -2.30. The van der Waals surface area contributed by atoms with E-state index >= 15 is 0 Å². The third kappa shape index (κ3) is 4.70. The van der Waals surface area contributed by atoms with Crippen LogP contribution in [0.15, 0.2) is 71.6 Å². The van der Waals surface area contributed by atoms with Crippen molar-refractivity contribution in [2.75, 3.05) is 13.7 Å². The van der Waals surface area contributed by atoms with Crippen LogP contribution in [0.1, 0.15) is 15.9 Å². The SMILES string of the molecule is COc1cccc(S(=O)(=O)NCC(=O)c2cc(-c3ccccc3)cc(C)c2F)c1. The van der Waals surface area contributed by atoms with Crippen LogP contribution in [0.2, 0.25) is 0 Å². The Labute approximate surface area is 169 Å². The lowest BCUT2D eigenvalue weighted by Gasteiger charge is -2.11. The average Bonchev–Trinajstić information content (AvgIpc) is 2.74. The van der Waals surface area contributed by atoms with Gasteiger partial charge in [-0.25, -0.2) is 17.5 Å². The largest absolute Gasteiger partial charge is 0.497 e. The first-order valence-electron chi connectivity index (χ1n) is 8.84. The highest BCUT2D eigenvalue weighted by molar-refractivity contribution is 7.89. The Bertz CT molecular complexity index is 1140. The van der Waals surface area contributed by atoms with Crippen LogP contribution >= 0.6 is 0 Å². The summed E-state index contributed by atoms with van der Waals surface area (Å²) in [5.41, 5.74) is 1.67. The van der Waals surface area contributed by atoms with Gasteiger partial charge < -0.3 is 4.74 Å². The van der Waals surface area contributed by atoms with Crippen molar-refractivity contribution in [3.63, 3.8) is 0 Å². The van der Waals surface area contributed by atoms with Crippen molar-refractivity contribution >= 4 is 15.8 Å². The lowest BCUT2D eigenvalue weighted by atomic mass is 9.98. The predicted octanol–water partition coefficient (Wildman–Crippen LogP) is 3.97. The van der Waals surface area contributed by atoms with E-state index in [2.05, 4.69) is 4.72 Å². The molecule has 0 saturated carbocycles. The van der Waals surface area contributed by atoms with E-state index in [4.69, 9.17) is 4.74 Å². The number of hydrogen-bond acceptors (Lipinski definition) is 4. The van der Waals surface area contributed by atoms with Crippen molar-refractivity contribution in [1.82, 2.24) is 4.72 Å². The van der Waals surface area contributed by atoms with E-state index in [0.717, 1.165) is 5.56 Å². The molecule has 3 rings (SSSR count). The van der Waals surface area contributed by atoms with E-state index < -0.39 is 28.2 Å². The minimum absolute atomic E-state index is 0.0423. The number of carbonyl (C=O) groups is 1. The number of ketones is 1. The Balaban J connectivity index is 1.84. The summed E-state index contributed by atoms with van der Waals surface area (Å²) < 4.78 is 46.8. The summed E-state index contributed by atoms with van der Waals surface area (Å²) in [7, 11) is -2.53. The summed E-state index contributed by atoms with van der Waals surface area (Å²) in [6.07, 6.45) is 0. The number of aryl methyl sites for hydroxylation is 1. The molecule has 0 heterocycles. The smallest absolute Gasteiger partial charge is 0.241 e. The number of benzene rings is 3. The van der Waals surface area contributed by atoms with Gasteiger partial charge in [0, 0.05) is 6.07 Å². The van der Waals surface area contributed by atoms with Gasteiger partial charge in [-0.15, -0.1) is 0 Å². The first-order valence-corrected chi connectivity index (χ1v) is 10.3. The summed E-state index contributed by atoms with van der Waals surface area (Å²) in [5.74, 6) is -0.943. The Morgan fingerprint density at radius 3 is 2.41 bits per heavy atom. The number of methoxy groups -OCH3 is 1. The molecule has 5 nitrogen and oxygen atoms in total. The van der Waals surface area contributed by atoms with Crippen LogP contribution in [-0.2, 0) is 10.0 Å². The number of sulfonamides is 1. The Morgan fingerprint density at radius 2 is 1.72 bits per heavy atom. The van der Waals surface area contributed by atoms with Crippen molar-refractivity contribution in [1.29, 1.82) is 0 Å². The summed E-state index contributed by atoms with van der Waals surface area (Å²) in [6.45, 7) is 1.01. The first kappa shape index (κ1) is 20.7. The third-order valence-electron chi connectivity index (χ3n) is 4.44. The van der Waals surface area contributed by atoms with Gasteiger partial charge in [0.15, 0.2) is 5.78 Å². The Morgan fingerprint density at radius 1 is 1.00 bits per heavy atom. The molecular weight excluding hydrogens is 393 g/mol. The Hall–Kier alpha value is -3.03. The summed E-state index contributed by atoms with van der Waals surface area (Å²) >= 11 is 0. The van der Waals surface area contributed by atoms with Gasteiger partial charge in [-0.3, -0.25) is 4.79 Å². The molecule has 0 aliphatic rings. The van der Waals surface area contributed by atoms with Crippen molar-refractivity contribution in [2.24, 2.45) is 0 Å². The van der Waals surface area contributed by atoms with Crippen LogP contribution < -0.4 is 9.46 Å². The van der Waals surface area contributed by atoms with E-state index in [1.807, 2.05) is 30.3 Å². The Kier molecular flexibility index (Phi) is 6.10. The second-order valence-electron chi connectivity index (χ2n) is 6.45. The molecule has 0 fully saturated rings. The minimum Gasteiger partial charge on any atom is -0.497 e. The molecule has 0 atom stereocenters. The van der Waals surface area contributed by atoms with E-state index in [1.54, 1.807) is 19.1 Å². The molecule has 0 saturated heterocycles. The molecule has 0 unspecified atom stereocenters. The number of hydrogen-bond donors (Lipinski definition) is 1. The van der Waals surface area contributed by atoms with Gasteiger partial charge in [-0.2, -0.15) is 0 Å². The van der Waals surface area contributed by atoms with Gasteiger partial charge in [0.25, 0.3) is 0 Å². The highest BCUT2D eigenvalue weighted by Gasteiger charge is 2.20. The van der Waals surface area contributed by atoms with Gasteiger partial charge in [0.1, 0.15) is 11.6 Å². The van der Waals surface area contributed by atoms with Crippen molar-refractivity contribution in [3.05, 3.63) is 83.7 Å². The monoisotopic (exact) mass is 413 g/mol. The normalized spacial score (nSPS) is 11.3. The van der Waals surface area contributed by atoms with E-state index in [1.165, 1.54) is 31.4 Å². The van der Waals surface area contributed by atoms with Gasteiger partial charge in [0.05, 0.1) is 24.1 Å². The van der Waals surface area contributed by atoms with E-state index in [-0.39, 0.29) is 10.5 Å². The van der Waals surface area contributed by atoms with Gasteiger partial charge in [-0.05, 0) is 47.9 Å². The average molecular weight is 413 g/mol. The number of halogens is 1. The second-order valence-corrected chi connectivity index (χ2v) is 8.21. The molecule has 0 aliphatic heterocycles. The van der Waals surface area contributed by atoms with Crippen molar-refractivity contribution in [2.45, 2.75) is 11.8 Å². The zero-order valence-corrected chi connectivity index (χ0v) is 16.8. The second kappa shape index (κ2) is 8.55. The maximum atomic E-state index is 14.6. The fourth-order valence-corrected chi connectivity index (χ4v) is 3.89. The lowest BCUT2D eigenvalue weighted by molar-refractivity contribution is 0.0993. The number of nitrogens with one attached hydrogen (secondary N) is 1. The number of Topliss-reactive ketones (excluding diaryl/α,β-unsaturated/α-hetero) is 1. The molecule has 29 heavy (non-hydrogen) atoms. The van der Waals surface area contributed by atoms with E-state index in [0.29, 0.717) is 16.9 Å². The molecule has 0 aromatic heterocycles. The summed E-state index contributed by atoms with van der Waals surface area (Å²) in [5, 5.41) is 0. The molecule has 0 aliphatic carbocycles. The number of ether oxygens (including phenoxy) is 1. The van der Waals surface area contributed by atoms with Crippen LogP contribution in [0, 0.1) is 12.7 Å². The van der Waals surface area contributed by atoms with Crippen molar-refractivity contribution in [3.8, 4) is 16.9 Å². The third-order valence-corrected chi connectivity index (χ3v) is 5.84. The maximum absolute atomic E-state index is 14.6. The first-order chi connectivity index (χ1) is 13.8. The zero-order valence-electron chi connectivity index (χ0n) is 16.0. The predicted molar refractivity (Wildman–Crippen MR) is 109 cm³/mol. The standard InChI is InChI=1S/C22H20FNO4S/c1-15-11-17(16-7-4-3-5-8-16)12-20(22(15)23)21(25)14-24-29(26,27)19-10-6-9-18(13-19)28-2/h3-13,24H,14H2,1-2H3. The molecular formula is C22H20FNO4S. The molecule has 3 aromatic carbocycles. The zero-order chi connectivity index (χ0) is 21.0. The quantitative estimate of drug-likeness (QED) is 0.595. The van der Waals surface area contributed by atoms with Gasteiger partial charge in [0.2, 0.25) is 10.0 Å². The fourth-order valence-electron chi connectivity index (χ4n) is 2.88. The number of carbonyl (C=O) groups excluding carboxylic acids is 1.